The smallest absolute Gasteiger partial charge is 0.355 e. The fraction of sp³-hybridized carbons (Fsp3) is 0.364. The quantitative estimate of drug-likeness (QED) is 0.0294. The number of piperidine rings is 1. The van der Waals surface area contributed by atoms with Gasteiger partial charge in [0.15, 0.2) is 10.8 Å². The summed E-state index contributed by atoms with van der Waals surface area (Å²) in [7, 11) is 1.83. The highest BCUT2D eigenvalue weighted by Crippen LogP contribution is 2.35. The van der Waals surface area contributed by atoms with E-state index in [4.69, 9.17) is 15.1 Å². The molecule has 3 aliphatic rings. The van der Waals surface area contributed by atoms with Crippen LogP contribution in [0.1, 0.15) is 94.5 Å². The number of ether oxygens (including phenoxy) is 1. The molecule has 0 saturated carbocycles. The Kier molecular flexibility index (Phi) is 15.3. The number of aromatic nitrogens is 2. The van der Waals surface area contributed by atoms with Gasteiger partial charge in [-0.2, -0.15) is 0 Å². The number of nitrogens with one attached hydrogen (secondary N) is 4. The summed E-state index contributed by atoms with van der Waals surface area (Å²) in [5, 5.41) is 28.3. The molecule has 16 heteroatoms. The average Bonchev–Trinajstić information content (AvgIpc) is 3.80. The number of carbonyl (C=O) groups excluding carboxylic acids is 3. The van der Waals surface area contributed by atoms with Crippen LogP contribution in [0.25, 0.3) is 21.3 Å². The summed E-state index contributed by atoms with van der Waals surface area (Å²) in [5.74, 6) is -1.36. The Bertz CT molecular complexity index is 2930. The van der Waals surface area contributed by atoms with Crippen molar-refractivity contribution in [2.45, 2.75) is 71.3 Å². The number of hydrogen-bond acceptors (Lipinski definition) is 13. The number of fused-ring (bicyclic) bond motifs is 2. The summed E-state index contributed by atoms with van der Waals surface area (Å²) in [6, 6.07) is 29.0. The van der Waals surface area contributed by atoms with Crippen molar-refractivity contribution < 1.29 is 29.0 Å². The van der Waals surface area contributed by atoms with Crippen LogP contribution in [-0.2, 0) is 22.6 Å². The molecule has 5 N–H and O–H groups in total. The number of aromatic carboxylic acids is 1. The van der Waals surface area contributed by atoms with E-state index in [1.807, 2.05) is 104 Å². The molecule has 368 valence electrons. The van der Waals surface area contributed by atoms with E-state index in [9.17, 15) is 24.3 Å². The molecule has 0 spiro atoms. The number of imide groups is 1. The number of rotatable bonds is 19. The Morgan fingerprint density at radius 3 is 2.41 bits per heavy atom. The zero-order chi connectivity index (χ0) is 49.4. The van der Waals surface area contributed by atoms with Gasteiger partial charge in [-0.1, -0.05) is 73.4 Å². The summed E-state index contributed by atoms with van der Waals surface area (Å²) >= 11 is 1.43. The third-order valence-electron chi connectivity index (χ3n) is 14.0. The first-order valence-electron chi connectivity index (χ1n) is 24.8. The van der Waals surface area contributed by atoms with Crippen molar-refractivity contribution >= 4 is 73.3 Å². The van der Waals surface area contributed by atoms with E-state index in [0.29, 0.717) is 60.2 Å². The van der Waals surface area contributed by atoms with Crippen LogP contribution < -0.4 is 30.5 Å². The minimum absolute atomic E-state index is 0.0309. The van der Waals surface area contributed by atoms with E-state index in [1.165, 1.54) is 24.2 Å². The van der Waals surface area contributed by atoms with E-state index >= 15 is 0 Å². The van der Waals surface area contributed by atoms with Gasteiger partial charge in [-0.25, -0.2) is 14.8 Å². The van der Waals surface area contributed by atoms with Gasteiger partial charge < -0.3 is 30.4 Å². The zero-order valence-electron chi connectivity index (χ0n) is 40.4. The first-order valence-corrected chi connectivity index (χ1v) is 25.6. The van der Waals surface area contributed by atoms with Crippen LogP contribution in [0.15, 0.2) is 91.0 Å². The number of piperazine rings is 1. The second kappa shape index (κ2) is 22.3. The van der Waals surface area contributed by atoms with Crippen LogP contribution in [0, 0.1) is 18.3 Å². The molecule has 2 saturated heterocycles. The summed E-state index contributed by atoms with van der Waals surface area (Å²) in [6.07, 6.45) is 7.96. The molecule has 1 unspecified atom stereocenters. The third kappa shape index (κ3) is 11.2. The molecule has 1 atom stereocenters. The molecule has 0 radical (unpaired) electrons. The van der Waals surface area contributed by atoms with Crippen LogP contribution >= 0.6 is 11.3 Å². The highest BCUT2D eigenvalue weighted by molar-refractivity contribution is 7.22. The average molecular weight is 976 g/mol. The topological polar surface area (TPSA) is 193 Å². The van der Waals surface area contributed by atoms with Gasteiger partial charge in [-0.3, -0.25) is 29.9 Å². The second-order valence-corrected chi connectivity index (χ2v) is 19.6. The van der Waals surface area contributed by atoms with E-state index in [2.05, 4.69) is 36.8 Å². The molecule has 2 aromatic heterocycles. The zero-order valence-corrected chi connectivity index (χ0v) is 41.2. The van der Waals surface area contributed by atoms with E-state index < -0.39 is 17.8 Å². The maximum Gasteiger partial charge on any atom is 0.355 e. The SMILES string of the molecule is CNc1cc(N2CCN(CCCCCCCCOc3cccc(-c4ccc(N5CCc6cccc(C(=O)Nc7nc8ccccc8s7)c6C5)nc4C(=O)O)c3C)CC2)ccc1C(=N)C1CCC(=O)NC1=O. The fourth-order valence-electron chi connectivity index (χ4n) is 10.0. The van der Waals surface area contributed by atoms with Crippen molar-refractivity contribution in [1.82, 2.24) is 20.2 Å². The van der Waals surface area contributed by atoms with Gasteiger partial charge in [0.05, 0.1) is 28.5 Å². The Morgan fingerprint density at radius 1 is 0.831 bits per heavy atom. The molecule has 5 heterocycles. The molecule has 6 aromatic rings. The molecule has 0 aliphatic carbocycles. The predicted octanol–water partition coefficient (Wildman–Crippen LogP) is 9.18. The Hall–Kier alpha value is -7.17. The lowest BCUT2D eigenvalue weighted by atomic mass is 9.88. The molecule has 3 aliphatic heterocycles. The van der Waals surface area contributed by atoms with Crippen molar-refractivity contribution in [2.24, 2.45) is 5.92 Å². The largest absolute Gasteiger partial charge is 0.493 e. The minimum Gasteiger partial charge on any atom is -0.493 e. The normalized spacial score (nSPS) is 16.1. The fourth-order valence-corrected chi connectivity index (χ4v) is 10.9. The number of carboxylic acids is 1. The lowest BCUT2D eigenvalue weighted by molar-refractivity contribution is -0.134. The number of carbonyl (C=O) groups is 4. The highest BCUT2D eigenvalue weighted by Gasteiger charge is 2.32. The second-order valence-electron chi connectivity index (χ2n) is 18.6. The number of amides is 3. The van der Waals surface area contributed by atoms with Gasteiger partial charge in [-0.15, -0.1) is 0 Å². The van der Waals surface area contributed by atoms with Gasteiger partial charge in [0.25, 0.3) is 5.91 Å². The summed E-state index contributed by atoms with van der Waals surface area (Å²) < 4.78 is 7.28. The van der Waals surface area contributed by atoms with Crippen LogP contribution in [0.4, 0.5) is 22.3 Å². The Balaban J connectivity index is 0.709. The Morgan fingerprint density at radius 2 is 1.62 bits per heavy atom. The molecule has 4 aromatic carbocycles. The van der Waals surface area contributed by atoms with Crippen molar-refractivity contribution in [3.05, 3.63) is 125 Å². The molecule has 2 fully saturated rings. The van der Waals surface area contributed by atoms with Gasteiger partial charge >= 0.3 is 5.97 Å². The summed E-state index contributed by atoms with van der Waals surface area (Å²) in [4.78, 5) is 66.7. The van der Waals surface area contributed by atoms with Crippen molar-refractivity contribution in [2.75, 3.05) is 73.4 Å². The number of carboxylic acid groups (broad SMARTS) is 1. The van der Waals surface area contributed by atoms with Crippen LogP contribution in [0.3, 0.4) is 0 Å². The van der Waals surface area contributed by atoms with Gasteiger partial charge in [0.1, 0.15) is 11.6 Å². The molecule has 15 nitrogen and oxygen atoms in total. The minimum atomic E-state index is -1.11. The number of thiazole rings is 1. The van der Waals surface area contributed by atoms with Gasteiger partial charge in [0.2, 0.25) is 11.8 Å². The highest BCUT2D eigenvalue weighted by atomic mass is 32.1. The Labute approximate surface area is 418 Å². The molecule has 9 rings (SSSR count). The van der Waals surface area contributed by atoms with Crippen molar-refractivity contribution in [3.8, 4) is 16.9 Å². The summed E-state index contributed by atoms with van der Waals surface area (Å²) in [5.41, 5.74) is 8.34. The predicted molar refractivity (Wildman–Crippen MR) is 281 cm³/mol. The number of unbranched alkanes of at least 4 members (excludes halogenated alkanes) is 5. The maximum absolute atomic E-state index is 13.6. The van der Waals surface area contributed by atoms with Crippen molar-refractivity contribution in [1.29, 1.82) is 5.41 Å². The van der Waals surface area contributed by atoms with Gasteiger partial charge in [-0.05, 0) is 116 Å². The lowest BCUT2D eigenvalue weighted by Gasteiger charge is -2.36. The van der Waals surface area contributed by atoms with Crippen molar-refractivity contribution in [3.63, 3.8) is 0 Å². The number of nitrogens with zero attached hydrogens (tertiary/aromatic N) is 5. The number of pyridine rings is 1. The number of anilines is 4. The van der Waals surface area contributed by atoms with Crippen LogP contribution in [0.5, 0.6) is 5.75 Å². The summed E-state index contributed by atoms with van der Waals surface area (Å²) in [6.45, 7) is 8.50. The van der Waals surface area contributed by atoms with Gasteiger partial charge in [0, 0.05) is 80.8 Å². The number of benzene rings is 4. The molecular formula is C55H61N9O6S. The standard InChI is InChI=1S/C55H61N9O6S/c1-35-38(39-21-23-48(59-51(39)54(68)69)64-27-25-36-13-11-15-40(43(36)34-64)52(66)61-55-58-44-16-7-8-18-47(44)71-55)14-12-17-46(35)70-32-10-6-4-3-5-9-26-62-28-30-63(31-29-62)37-19-20-41(45(33-37)57-2)50(56)42-22-24-49(65)60-53(42)67/h7-8,11-21,23,33,42,56-57H,3-6,9-10,22,24-32,34H2,1-2H3,(H,68,69)(H,58,61,66)(H,60,65,67). The van der Waals surface area contributed by atoms with Crippen LogP contribution in [0.2, 0.25) is 0 Å². The third-order valence-corrected chi connectivity index (χ3v) is 15.0. The van der Waals surface area contributed by atoms with E-state index in [1.54, 1.807) is 0 Å². The van der Waals surface area contributed by atoms with E-state index in [0.717, 1.165) is 108 Å². The molecule has 0 bridgehead atoms. The first-order chi connectivity index (χ1) is 34.5. The number of hydrogen-bond donors (Lipinski definition) is 5. The molecular weight excluding hydrogens is 915 g/mol. The number of para-hydroxylation sites is 1. The monoisotopic (exact) mass is 975 g/mol. The molecule has 3 amide bonds. The first kappa shape index (κ1) is 48.8. The lowest BCUT2D eigenvalue weighted by Crippen LogP contribution is -2.46. The maximum atomic E-state index is 13.6. The van der Waals surface area contributed by atoms with E-state index in [-0.39, 0.29) is 29.6 Å². The molecule has 71 heavy (non-hydrogen) atoms. The van der Waals surface area contributed by atoms with Crippen LogP contribution in [-0.4, -0.2) is 102 Å².